The first-order valence-corrected chi connectivity index (χ1v) is 7.18. The van der Waals surface area contributed by atoms with Crippen LogP contribution in [0.3, 0.4) is 0 Å². The summed E-state index contributed by atoms with van der Waals surface area (Å²) in [5, 5.41) is 0. The molecule has 7 heteroatoms. The molecular weight excluding hydrogens is 286 g/mol. The van der Waals surface area contributed by atoms with Crippen molar-refractivity contribution in [3.8, 4) is 17.3 Å². The number of imidazole rings is 1. The summed E-state index contributed by atoms with van der Waals surface area (Å²) in [6.45, 7) is 1.91. The molecule has 0 radical (unpaired) electrons. The minimum Gasteiger partial charge on any atom is -0.481 e. The van der Waals surface area contributed by atoms with E-state index < -0.39 is 0 Å². The topological polar surface area (TPSA) is 65.2 Å². The van der Waals surface area contributed by atoms with Crippen LogP contribution in [0.15, 0.2) is 30.7 Å². The van der Waals surface area contributed by atoms with Crippen LogP contribution in [0.25, 0.3) is 26.7 Å². The number of aryl methyl sites for hydroxylation is 1. The highest BCUT2D eigenvalue weighted by Gasteiger charge is 2.12. The average molecular weight is 297 g/mol. The molecule has 0 saturated heterocycles. The highest BCUT2D eigenvalue weighted by Crippen LogP contribution is 2.28. The smallest absolute Gasteiger partial charge is 0.214 e. The van der Waals surface area contributed by atoms with E-state index in [1.807, 2.05) is 29.7 Å². The van der Waals surface area contributed by atoms with Gasteiger partial charge in [-0.05, 0) is 13.0 Å². The van der Waals surface area contributed by atoms with Crippen molar-refractivity contribution >= 4 is 26.6 Å². The molecule has 6 nitrogen and oxygen atoms in total. The summed E-state index contributed by atoms with van der Waals surface area (Å²) in [7, 11) is 1.61. The van der Waals surface area contributed by atoms with Gasteiger partial charge < -0.3 is 4.74 Å². The van der Waals surface area contributed by atoms with Crippen molar-refractivity contribution < 1.29 is 4.74 Å². The maximum absolute atomic E-state index is 5.15. The first-order chi connectivity index (χ1) is 10.2. The Morgan fingerprint density at radius 3 is 2.76 bits per heavy atom. The lowest BCUT2D eigenvalue weighted by atomic mass is 10.3. The average Bonchev–Trinajstić information content (AvgIpc) is 3.04. The number of pyridine rings is 1. The molecule has 4 rings (SSSR count). The normalized spacial score (nSPS) is 11.3. The number of hydrogen-bond acceptors (Lipinski definition) is 6. The van der Waals surface area contributed by atoms with E-state index in [-0.39, 0.29) is 0 Å². The molecule has 4 aromatic rings. The van der Waals surface area contributed by atoms with Gasteiger partial charge >= 0.3 is 0 Å². The number of ether oxygens (including phenoxy) is 1. The Morgan fingerprint density at radius 1 is 1.10 bits per heavy atom. The second kappa shape index (κ2) is 4.49. The van der Waals surface area contributed by atoms with Crippen molar-refractivity contribution in [2.24, 2.45) is 0 Å². The zero-order chi connectivity index (χ0) is 14.4. The quantitative estimate of drug-likeness (QED) is 0.569. The number of nitrogens with zero attached hydrogens (tertiary/aromatic N) is 5. The molecule has 0 unspecified atom stereocenters. The van der Waals surface area contributed by atoms with Crippen LogP contribution in [0.5, 0.6) is 5.88 Å². The molecule has 0 bridgehead atoms. The van der Waals surface area contributed by atoms with Gasteiger partial charge in [-0.25, -0.2) is 9.97 Å². The maximum Gasteiger partial charge on any atom is 0.214 e. The molecule has 4 aromatic heterocycles. The lowest BCUT2D eigenvalue weighted by molar-refractivity contribution is 0.400. The Kier molecular flexibility index (Phi) is 2.61. The van der Waals surface area contributed by atoms with Gasteiger partial charge in [0.2, 0.25) is 5.88 Å². The standard InChI is InChI=1S/C14H11N5OS/c1-8-5-16-9(6-15-8)10-7-19-11-3-4-12(20-2)18-13(11)21-14(19)17-10/h3-7H,1-2H3. The fraction of sp³-hybridized carbons (Fsp3) is 0.143. The van der Waals surface area contributed by atoms with Crippen molar-refractivity contribution in [2.75, 3.05) is 7.11 Å². The predicted octanol–water partition coefficient (Wildman–Crippen LogP) is 2.72. The van der Waals surface area contributed by atoms with Gasteiger partial charge in [0.15, 0.2) is 4.96 Å². The van der Waals surface area contributed by atoms with Crippen LogP contribution in [-0.2, 0) is 0 Å². The Hall–Kier alpha value is -2.54. The van der Waals surface area contributed by atoms with Crippen LogP contribution in [-0.4, -0.2) is 31.4 Å². The van der Waals surface area contributed by atoms with Crippen LogP contribution in [0, 0.1) is 6.92 Å². The highest BCUT2D eigenvalue weighted by molar-refractivity contribution is 7.23. The van der Waals surface area contributed by atoms with Crippen LogP contribution in [0.4, 0.5) is 0 Å². The summed E-state index contributed by atoms with van der Waals surface area (Å²) in [6, 6.07) is 3.83. The number of rotatable bonds is 2. The molecular formula is C14H11N5OS. The van der Waals surface area contributed by atoms with Crippen molar-refractivity contribution in [2.45, 2.75) is 6.92 Å². The predicted molar refractivity (Wildman–Crippen MR) is 80.7 cm³/mol. The van der Waals surface area contributed by atoms with Gasteiger partial charge in [-0.15, -0.1) is 0 Å². The van der Waals surface area contributed by atoms with E-state index in [2.05, 4.69) is 19.9 Å². The number of fused-ring (bicyclic) bond motifs is 3. The van der Waals surface area contributed by atoms with Gasteiger partial charge in [0.1, 0.15) is 16.2 Å². The summed E-state index contributed by atoms with van der Waals surface area (Å²) in [4.78, 5) is 19.4. The SMILES string of the molecule is COc1ccc2c(n1)sc1nc(-c3cnc(C)cn3)cn12. The molecule has 0 saturated carbocycles. The molecule has 0 aliphatic carbocycles. The maximum atomic E-state index is 5.15. The molecule has 0 aliphatic rings. The van der Waals surface area contributed by atoms with Gasteiger partial charge in [0.25, 0.3) is 0 Å². The zero-order valence-corrected chi connectivity index (χ0v) is 12.3. The molecule has 21 heavy (non-hydrogen) atoms. The Morgan fingerprint density at radius 2 is 2.00 bits per heavy atom. The van der Waals surface area contributed by atoms with Gasteiger partial charge in [0, 0.05) is 18.5 Å². The third kappa shape index (κ3) is 1.93. The highest BCUT2D eigenvalue weighted by atomic mass is 32.1. The minimum absolute atomic E-state index is 0.608. The summed E-state index contributed by atoms with van der Waals surface area (Å²) in [5.74, 6) is 0.608. The monoisotopic (exact) mass is 297 g/mol. The number of hydrogen-bond donors (Lipinski definition) is 0. The van der Waals surface area contributed by atoms with Crippen LogP contribution >= 0.6 is 11.3 Å². The van der Waals surface area contributed by atoms with Crippen LogP contribution in [0.2, 0.25) is 0 Å². The summed E-state index contributed by atoms with van der Waals surface area (Å²) >= 11 is 1.52. The Balaban J connectivity index is 1.88. The van der Waals surface area contributed by atoms with E-state index in [0.717, 1.165) is 32.4 Å². The van der Waals surface area contributed by atoms with E-state index in [1.165, 1.54) is 11.3 Å². The molecule has 0 spiro atoms. The van der Waals surface area contributed by atoms with Crippen molar-refractivity contribution in [3.63, 3.8) is 0 Å². The number of aromatic nitrogens is 5. The fourth-order valence-corrected chi connectivity index (χ4v) is 3.10. The fourth-order valence-electron chi connectivity index (χ4n) is 2.13. The van der Waals surface area contributed by atoms with Crippen LogP contribution < -0.4 is 4.74 Å². The Bertz CT molecular complexity index is 941. The molecule has 0 fully saturated rings. The summed E-state index contributed by atoms with van der Waals surface area (Å²) in [6.07, 6.45) is 5.44. The number of methoxy groups -OCH3 is 1. The van der Waals surface area contributed by atoms with Gasteiger partial charge in [-0.1, -0.05) is 11.3 Å². The molecule has 4 heterocycles. The molecule has 0 aliphatic heterocycles. The van der Waals surface area contributed by atoms with E-state index in [0.29, 0.717) is 5.88 Å². The molecule has 104 valence electrons. The summed E-state index contributed by atoms with van der Waals surface area (Å²) in [5.41, 5.74) is 3.48. The van der Waals surface area contributed by atoms with E-state index in [9.17, 15) is 0 Å². The number of thiazole rings is 1. The lowest BCUT2D eigenvalue weighted by Crippen LogP contribution is -1.88. The van der Waals surface area contributed by atoms with Crippen molar-refractivity contribution in [1.29, 1.82) is 0 Å². The Labute approximate surface area is 124 Å². The van der Waals surface area contributed by atoms with Crippen molar-refractivity contribution in [3.05, 3.63) is 36.4 Å². The second-order valence-corrected chi connectivity index (χ2v) is 5.56. The van der Waals surface area contributed by atoms with E-state index in [1.54, 1.807) is 19.5 Å². The molecule has 0 aromatic carbocycles. The van der Waals surface area contributed by atoms with Gasteiger partial charge in [-0.3, -0.25) is 14.4 Å². The zero-order valence-electron chi connectivity index (χ0n) is 11.4. The van der Waals surface area contributed by atoms with Gasteiger partial charge in [0.05, 0.1) is 24.5 Å². The first kappa shape index (κ1) is 12.2. The molecule has 0 amide bonds. The second-order valence-electron chi connectivity index (χ2n) is 4.60. The minimum atomic E-state index is 0.608. The largest absolute Gasteiger partial charge is 0.481 e. The van der Waals surface area contributed by atoms with E-state index >= 15 is 0 Å². The van der Waals surface area contributed by atoms with Crippen molar-refractivity contribution in [1.82, 2.24) is 24.3 Å². The van der Waals surface area contributed by atoms with Gasteiger partial charge in [-0.2, -0.15) is 0 Å². The third-order valence-electron chi connectivity index (χ3n) is 3.19. The molecule has 0 N–H and O–H groups in total. The first-order valence-electron chi connectivity index (χ1n) is 6.36. The van der Waals surface area contributed by atoms with Crippen LogP contribution in [0.1, 0.15) is 5.69 Å². The van der Waals surface area contributed by atoms with E-state index in [4.69, 9.17) is 4.74 Å². The lowest BCUT2D eigenvalue weighted by Gasteiger charge is -1.97. The summed E-state index contributed by atoms with van der Waals surface area (Å²) < 4.78 is 7.16. The molecule has 0 atom stereocenters. The third-order valence-corrected chi connectivity index (χ3v) is 4.15.